The number of nitrogens with zero attached hydrogens (tertiary/aromatic N) is 5. The average Bonchev–Trinajstić information content (AvgIpc) is 1.91. The lowest BCUT2D eigenvalue weighted by Crippen LogP contribution is -2.62. The Morgan fingerprint density at radius 3 is 1.91 bits per heavy atom. The number of amides is 10. The van der Waals surface area contributed by atoms with Gasteiger partial charge in [0.05, 0.1) is 12.7 Å². The van der Waals surface area contributed by atoms with E-state index in [9.17, 15) is 63.3 Å². The molecule has 5 saturated heterocycles. The highest BCUT2D eigenvalue weighted by Crippen LogP contribution is 2.32. The van der Waals surface area contributed by atoms with Gasteiger partial charge in [0.15, 0.2) is 0 Å². The number of hydrogen-bond acceptors (Lipinski definition) is 15. The van der Waals surface area contributed by atoms with Crippen LogP contribution in [0.1, 0.15) is 105 Å². The first-order valence-electron chi connectivity index (χ1n) is 30.0. The highest BCUT2D eigenvalue weighted by atomic mass is 16.5. The Kier molecular flexibility index (Phi) is 22.3. The van der Waals surface area contributed by atoms with Crippen LogP contribution in [0.2, 0.25) is 0 Å². The van der Waals surface area contributed by atoms with Gasteiger partial charge in [0.25, 0.3) is 0 Å². The molecule has 0 aliphatic carbocycles. The van der Waals surface area contributed by atoms with E-state index in [0.717, 1.165) is 4.90 Å². The highest BCUT2D eigenvalue weighted by Gasteiger charge is 2.50. The van der Waals surface area contributed by atoms with Crippen LogP contribution < -0.4 is 26.6 Å². The van der Waals surface area contributed by atoms with E-state index < -0.39 is 151 Å². The van der Waals surface area contributed by atoms with Gasteiger partial charge in [-0.3, -0.25) is 47.9 Å². The summed E-state index contributed by atoms with van der Waals surface area (Å²) in [5.74, 6) is -9.93. The van der Waals surface area contributed by atoms with Crippen molar-refractivity contribution in [1.82, 2.24) is 51.1 Å². The first-order chi connectivity index (χ1) is 40.8. The molecule has 14 unspecified atom stereocenters. The standard InChI is InChI=1S/C61H86N10O15/c1-9-36(6)51-56(80)63-43(25-39-17-19-40(74)20-18-39)52(76)64-44(31-72)57(81)71-30-41(75)27-49(71)60(84)68-21-13-16-46(68)59(83)70-29-35(5)24-50(70)61(85)86-32-45(65-54(78)47(67(8)37(7)73)26-38-14-11-10-12-15-38)58(82)69-28-34(4)23-48(69)55(79)62-42(22-33(2)3)53(77)66-51/h10-12,14-15,17-20,33-36,41-51,72,74-75H,9,13,16,21-32H2,1-8H3,(H,62,79)(H,63,80)(H,64,76)(H,65,78)(H,66,77). The molecule has 0 bridgehead atoms. The summed E-state index contributed by atoms with van der Waals surface area (Å²) in [5.41, 5.74) is 1.15. The largest absolute Gasteiger partial charge is 0.508 e. The van der Waals surface area contributed by atoms with E-state index in [1.807, 2.05) is 27.7 Å². The Hall–Kier alpha value is -7.67. The normalized spacial score (nSPS) is 29.3. The number of ether oxygens (including phenoxy) is 1. The van der Waals surface area contributed by atoms with Gasteiger partial charge < -0.3 is 71.1 Å². The van der Waals surface area contributed by atoms with Crippen LogP contribution in [0.15, 0.2) is 54.6 Å². The predicted molar refractivity (Wildman–Crippen MR) is 310 cm³/mol. The number of aromatic hydroxyl groups is 1. The summed E-state index contributed by atoms with van der Waals surface area (Å²) in [6.07, 6.45) is -0.505. The first-order valence-corrected chi connectivity index (χ1v) is 30.0. The molecule has 5 aliphatic heterocycles. The number of carbonyl (C=O) groups excluding carboxylic acids is 11. The van der Waals surface area contributed by atoms with Crippen LogP contribution in [0.3, 0.4) is 0 Å². The van der Waals surface area contributed by atoms with Crippen LogP contribution in [0.4, 0.5) is 0 Å². The van der Waals surface area contributed by atoms with E-state index in [1.54, 1.807) is 44.2 Å². The van der Waals surface area contributed by atoms with E-state index >= 15 is 4.79 Å². The average molecular weight is 1200 g/mol. The minimum atomic E-state index is -1.71. The molecule has 5 fully saturated rings. The number of esters is 1. The molecule has 0 saturated carbocycles. The molecule has 10 amide bonds. The molecule has 470 valence electrons. The second-order valence-electron chi connectivity index (χ2n) is 24.5. The van der Waals surface area contributed by atoms with E-state index in [4.69, 9.17) is 4.74 Å². The van der Waals surface area contributed by atoms with Crippen molar-refractivity contribution < 1.29 is 72.8 Å². The number of benzene rings is 2. The molecule has 5 aliphatic rings. The van der Waals surface area contributed by atoms with Crippen LogP contribution in [-0.2, 0) is 70.3 Å². The van der Waals surface area contributed by atoms with Crippen molar-refractivity contribution in [3.05, 3.63) is 65.7 Å². The zero-order valence-corrected chi connectivity index (χ0v) is 50.4. The fraction of sp³-hybridized carbons (Fsp3) is 0.623. The van der Waals surface area contributed by atoms with E-state index in [2.05, 4.69) is 26.6 Å². The quantitative estimate of drug-likeness (QED) is 0.125. The molecule has 2 aromatic rings. The molecular weight excluding hydrogens is 1110 g/mol. The molecule has 7 rings (SSSR count). The van der Waals surface area contributed by atoms with Crippen LogP contribution in [0.25, 0.3) is 0 Å². The van der Waals surface area contributed by atoms with Gasteiger partial charge in [0.2, 0.25) is 59.1 Å². The Labute approximate surface area is 501 Å². The number of likely N-dealkylation sites (N-methyl/N-ethyl adjacent to an activating group) is 1. The Morgan fingerprint density at radius 1 is 0.686 bits per heavy atom. The molecule has 25 heteroatoms. The highest BCUT2D eigenvalue weighted by molar-refractivity contribution is 6.00. The number of phenols is 1. The van der Waals surface area contributed by atoms with Crippen molar-refractivity contribution in [2.75, 3.05) is 46.4 Å². The number of cyclic esters (lactones) is 1. The van der Waals surface area contributed by atoms with Crippen molar-refractivity contribution >= 4 is 65.0 Å². The zero-order chi connectivity index (χ0) is 62.8. The van der Waals surface area contributed by atoms with Crippen LogP contribution in [-0.4, -0.2) is 218 Å². The van der Waals surface area contributed by atoms with E-state index in [0.29, 0.717) is 24.0 Å². The fourth-order valence-electron chi connectivity index (χ4n) is 12.3. The van der Waals surface area contributed by atoms with Crippen molar-refractivity contribution in [2.45, 2.75) is 173 Å². The Morgan fingerprint density at radius 2 is 1.28 bits per heavy atom. The third kappa shape index (κ3) is 15.8. The molecule has 8 N–H and O–H groups in total. The van der Waals surface area contributed by atoms with Gasteiger partial charge in [-0.2, -0.15) is 0 Å². The van der Waals surface area contributed by atoms with Gasteiger partial charge in [-0.1, -0.05) is 90.4 Å². The number of hydrogen-bond donors (Lipinski definition) is 8. The predicted octanol–water partition coefficient (Wildman–Crippen LogP) is -0.484. The molecule has 5 heterocycles. The smallest absolute Gasteiger partial charge is 0.328 e. The third-order valence-electron chi connectivity index (χ3n) is 17.3. The molecular formula is C61H86N10O15. The summed E-state index contributed by atoms with van der Waals surface area (Å²) in [5, 5.41) is 45.5. The second kappa shape index (κ2) is 29.1. The number of fused-ring (bicyclic) bond motifs is 4. The molecule has 25 nitrogen and oxygen atoms in total. The lowest BCUT2D eigenvalue weighted by molar-refractivity contribution is -0.158. The zero-order valence-electron chi connectivity index (χ0n) is 50.4. The molecule has 14 atom stereocenters. The number of aliphatic hydroxyl groups is 2. The maximum atomic E-state index is 15.2. The van der Waals surface area contributed by atoms with Gasteiger partial charge in [-0.15, -0.1) is 0 Å². The molecule has 0 radical (unpaired) electrons. The SMILES string of the molecule is CCC(C)C1NC(=O)C(CC(C)C)NC(=O)C2CC(C)CN2C(=O)C(NC(=O)C(Cc2ccccc2)N(C)C(C)=O)COC(=O)C2CC(C)CN2C(=O)C2CCCN2C(=O)C2CC(O)CN2C(=O)C(CO)NC(=O)C(Cc2ccc(O)cc2)NC1=O. The van der Waals surface area contributed by atoms with Crippen LogP contribution >= 0.6 is 0 Å². The molecule has 0 spiro atoms. The van der Waals surface area contributed by atoms with Crippen molar-refractivity contribution in [2.24, 2.45) is 23.7 Å². The second-order valence-corrected chi connectivity index (χ2v) is 24.5. The van der Waals surface area contributed by atoms with Crippen molar-refractivity contribution in [3.63, 3.8) is 0 Å². The van der Waals surface area contributed by atoms with Gasteiger partial charge in [-0.05, 0) is 79.0 Å². The maximum absolute atomic E-state index is 15.2. The van der Waals surface area contributed by atoms with Gasteiger partial charge >= 0.3 is 5.97 Å². The Bertz CT molecular complexity index is 2820. The van der Waals surface area contributed by atoms with Crippen molar-refractivity contribution in [1.29, 1.82) is 0 Å². The maximum Gasteiger partial charge on any atom is 0.328 e. The monoisotopic (exact) mass is 1200 g/mol. The summed E-state index contributed by atoms with van der Waals surface area (Å²) in [7, 11) is 1.44. The summed E-state index contributed by atoms with van der Waals surface area (Å²) in [4.78, 5) is 166. The minimum Gasteiger partial charge on any atom is -0.508 e. The van der Waals surface area contributed by atoms with E-state index in [-0.39, 0.29) is 94.6 Å². The number of nitrogens with one attached hydrogen (secondary N) is 5. The lowest BCUT2D eigenvalue weighted by atomic mass is 9.95. The first kappa shape index (κ1) is 65.9. The summed E-state index contributed by atoms with van der Waals surface area (Å²) in [6.45, 7) is 10.0. The topological polar surface area (TPSA) is 334 Å². The Balaban J connectivity index is 1.28. The van der Waals surface area contributed by atoms with E-state index in [1.165, 1.54) is 57.8 Å². The number of phenolic OH excluding ortho intramolecular Hbond substituents is 1. The molecule has 86 heavy (non-hydrogen) atoms. The summed E-state index contributed by atoms with van der Waals surface area (Å²) < 4.78 is 5.95. The van der Waals surface area contributed by atoms with Gasteiger partial charge in [0, 0.05) is 59.4 Å². The summed E-state index contributed by atoms with van der Waals surface area (Å²) >= 11 is 0. The van der Waals surface area contributed by atoms with Gasteiger partial charge in [-0.25, -0.2) is 4.79 Å². The summed E-state index contributed by atoms with van der Waals surface area (Å²) in [6, 6.07) is 1.04. The number of carbonyl (C=O) groups is 11. The molecule has 0 aromatic heterocycles. The lowest BCUT2D eigenvalue weighted by Gasteiger charge is -2.35. The fourth-order valence-corrected chi connectivity index (χ4v) is 12.3. The molecule has 2 aromatic carbocycles. The van der Waals surface area contributed by atoms with Crippen molar-refractivity contribution in [3.8, 4) is 5.75 Å². The number of rotatable bonds is 12. The number of aliphatic hydroxyl groups excluding tert-OH is 2. The third-order valence-corrected chi connectivity index (χ3v) is 17.3. The van der Waals surface area contributed by atoms with Gasteiger partial charge in [0.1, 0.15) is 72.8 Å². The van der Waals surface area contributed by atoms with Crippen LogP contribution in [0.5, 0.6) is 5.75 Å². The minimum absolute atomic E-state index is 0.00195. The van der Waals surface area contributed by atoms with Crippen LogP contribution in [0, 0.1) is 23.7 Å².